The molecule has 2 heterocycles. The van der Waals surface area contributed by atoms with Crippen molar-refractivity contribution in [1.82, 2.24) is 4.98 Å². The zero-order valence-corrected chi connectivity index (χ0v) is 11.1. The normalized spacial score (nSPS) is 12.8. The summed E-state index contributed by atoms with van der Waals surface area (Å²) >= 11 is 6.07. The molecule has 0 radical (unpaired) electrons. The average molecular weight is 288 g/mol. The smallest absolute Gasteiger partial charge is 0.231 e. The van der Waals surface area contributed by atoms with Crippen LogP contribution < -0.4 is 9.47 Å². The third kappa shape index (κ3) is 2.51. The number of pyridine rings is 1. The Labute approximate surface area is 120 Å². The van der Waals surface area contributed by atoms with Crippen LogP contribution in [0.15, 0.2) is 42.7 Å². The fraction of sp³-hybridized carbons (Fsp3) is 0.0667. The molecule has 0 atom stereocenters. The minimum absolute atomic E-state index is 0.119. The van der Waals surface area contributed by atoms with Gasteiger partial charge in [0.1, 0.15) is 0 Å². The van der Waals surface area contributed by atoms with Crippen LogP contribution in [0.25, 0.3) is 6.08 Å². The molecule has 1 aromatic carbocycles. The van der Waals surface area contributed by atoms with E-state index >= 15 is 0 Å². The number of benzene rings is 1. The Hall–Kier alpha value is -2.33. The molecule has 4 nitrogen and oxygen atoms in total. The maximum atomic E-state index is 11.9. The highest BCUT2D eigenvalue weighted by Gasteiger charge is 2.17. The highest BCUT2D eigenvalue weighted by molar-refractivity contribution is 6.32. The molecule has 1 aliphatic rings. The van der Waals surface area contributed by atoms with Crippen LogP contribution in [0.5, 0.6) is 11.5 Å². The molecule has 0 aliphatic carbocycles. The van der Waals surface area contributed by atoms with Crippen LogP contribution in [-0.4, -0.2) is 17.6 Å². The van der Waals surface area contributed by atoms with Crippen molar-refractivity contribution in [1.29, 1.82) is 0 Å². The Bertz CT molecular complexity index is 683. The average Bonchev–Trinajstić information content (AvgIpc) is 2.94. The summed E-state index contributed by atoms with van der Waals surface area (Å²) in [6, 6.07) is 6.94. The zero-order chi connectivity index (χ0) is 13.9. The van der Waals surface area contributed by atoms with E-state index in [9.17, 15) is 4.79 Å². The lowest BCUT2D eigenvalue weighted by atomic mass is 10.1. The number of ether oxygens (including phenoxy) is 2. The number of carbonyl (C=O) groups excluding carboxylic acids is 1. The van der Waals surface area contributed by atoms with Gasteiger partial charge in [-0.15, -0.1) is 0 Å². The fourth-order valence-corrected chi connectivity index (χ4v) is 2.13. The van der Waals surface area contributed by atoms with Gasteiger partial charge in [0, 0.05) is 18.0 Å². The molecule has 3 rings (SSSR count). The fourth-order valence-electron chi connectivity index (χ4n) is 1.86. The van der Waals surface area contributed by atoms with Gasteiger partial charge in [0.2, 0.25) is 6.79 Å². The van der Waals surface area contributed by atoms with E-state index in [1.165, 1.54) is 12.3 Å². The summed E-state index contributed by atoms with van der Waals surface area (Å²) in [5, 5.41) is 0.466. The van der Waals surface area contributed by atoms with Crippen LogP contribution in [0.4, 0.5) is 0 Å². The number of allylic oxidation sites excluding steroid dienone is 1. The first-order chi connectivity index (χ1) is 9.74. The second-order valence-corrected chi connectivity index (χ2v) is 4.58. The molecular formula is C15H10ClNO3. The second kappa shape index (κ2) is 5.35. The lowest BCUT2D eigenvalue weighted by Crippen LogP contribution is -1.94. The van der Waals surface area contributed by atoms with Gasteiger partial charge < -0.3 is 9.47 Å². The molecule has 2 aromatic rings. The van der Waals surface area contributed by atoms with Gasteiger partial charge in [-0.2, -0.15) is 0 Å². The van der Waals surface area contributed by atoms with E-state index in [1.807, 2.05) is 0 Å². The lowest BCUT2D eigenvalue weighted by Gasteiger charge is -2.01. The lowest BCUT2D eigenvalue weighted by molar-refractivity contribution is 0.104. The number of nitrogens with zero attached hydrogens (tertiary/aromatic N) is 1. The van der Waals surface area contributed by atoms with Crippen molar-refractivity contribution in [3.63, 3.8) is 0 Å². The first-order valence-corrected chi connectivity index (χ1v) is 6.33. The number of aromatic nitrogens is 1. The van der Waals surface area contributed by atoms with Crippen molar-refractivity contribution in [2.45, 2.75) is 0 Å². The van der Waals surface area contributed by atoms with E-state index in [0.29, 0.717) is 22.1 Å². The minimum Gasteiger partial charge on any atom is -0.454 e. The molecule has 0 unspecified atom stereocenters. The Kier molecular flexibility index (Phi) is 3.39. The van der Waals surface area contributed by atoms with Gasteiger partial charge in [-0.25, -0.2) is 0 Å². The maximum absolute atomic E-state index is 11.9. The number of carbonyl (C=O) groups is 1. The van der Waals surface area contributed by atoms with Crippen molar-refractivity contribution in [2.24, 2.45) is 0 Å². The largest absolute Gasteiger partial charge is 0.454 e. The highest BCUT2D eigenvalue weighted by atomic mass is 35.5. The molecule has 0 amide bonds. The molecule has 0 saturated heterocycles. The highest BCUT2D eigenvalue weighted by Crippen LogP contribution is 2.40. The van der Waals surface area contributed by atoms with E-state index < -0.39 is 0 Å². The van der Waals surface area contributed by atoms with Crippen LogP contribution in [0.3, 0.4) is 0 Å². The molecule has 0 spiro atoms. The van der Waals surface area contributed by atoms with E-state index in [4.69, 9.17) is 21.1 Å². The molecule has 20 heavy (non-hydrogen) atoms. The molecule has 0 bridgehead atoms. The molecule has 100 valence electrons. The second-order valence-electron chi connectivity index (χ2n) is 4.18. The molecule has 0 saturated carbocycles. The maximum Gasteiger partial charge on any atom is 0.231 e. The molecular weight excluding hydrogens is 278 g/mol. The van der Waals surface area contributed by atoms with E-state index in [-0.39, 0.29) is 12.6 Å². The quantitative estimate of drug-likeness (QED) is 0.641. The number of rotatable bonds is 3. The van der Waals surface area contributed by atoms with Crippen molar-refractivity contribution in [3.05, 3.63) is 58.9 Å². The molecule has 5 heteroatoms. The standard InChI is InChI=1S/C15H10ClNO3/c16-12-6-10(7-14-15(12)20-9-19-14)3-4-13(18)11-2-1-5-17-8-11/h1-8H,9H2/b4-3+. The predicted octanol–water partition coefficient (Wildman–Crippen LogP) is 3.36. The van der Waals surface area contributed by atoms with Gasteiger partial charge in [0.05, 0.1) is 5.02 Å². The zero-order valence-electron chi connectivity index (χ0n) is 10.4. The monoisotopic (exact) mass is 287 g/mol. The van der Waals surface area contributed by atoms with Crippen LogP contribution in [0.2, 0.25) is 5.02 Å². The summed E-state index contributed by atoms with van der Waals surface area (Å²) in [4.78, 5) is 15.8. The Balaban J connectivity index is 1.83. The van der Waals surface area contributed by atoms with Crippen molar-refractivity contribution < 1.29 is 14.3 Å². The number of fused-ring (bicyclic) bond motifs is 1. The van der Waals surface area contributed by atoms with Crippen LogP contribution in [0.1, 0.15) is 15.9 Å². The van der Waals surface area contributed by atoms with Crippen molar-refractivity contribution in [3.8, 4) is 11.5 Å². The summed E-state index contributed by atoms with van der Waals surface area (Å²) in [7, 11) is 0. The summed E-state index contributed by atoms with van der Waals surface area (Å²) in [5.41, 5.74) is 1.31. The first-order valence-electron chi connectivity index (χ1n) is 5.95. The number of hydrogen-bond donors (Lipinski definition) is 0. The van der Waals surface area contributed by atoms with Crippen LogP contribution in [-0.2, 0) is 0 Å². The van der Waals surface area contributed by atoms with E-state index in [2.05, 4.69) is 4.98 Å². The Morgan fingerprint density at radius 3 is 3.05 bits per heavy atom. The molecule has 1 aliphatic heterocycles. The number of halogens is 1. The summed E-state index contributed by atoms with van der Waals surface area (Å²) < 4.78 is 10.5. The van der Waals surface area contributed by atoms with Crippen molar-refractivity contribution in [2.75, 3.05) is 6.79 Å². The topological polar surface area (TPSA) is 48.4 Å². The van der Waals surface area contributed by atoms with Gasteiger partial charge in [-0.3, -0.25) is 9.78 Å². The summed E-state index contributed by atoms with van der Waals surface area (Å²) in [6.07, 6.45) is 6.31. The third-order valence-electron chi connectivity index (χ3n) is 2.82. The Morgan fingerprint density at radius 1 is 1.35 bits per heavy atom. The summed E-state index contributed by atoms with van der Waals surface area (Å²) in [5.74, 6) is 1.01. The molecule has 0 N–H and O–H groups in total. The first kappa shape index (κ1) is 12.7. The molecule has 1 aromatic heterocycles. The van der Waals surface area contributed by atoms with Gasteiger partial charge in [-0.05, 0) is 35.9 Å². The van der Waals surface area contributed by atoms with Crippen molar-refractivity contribution >= 4 is 23.5 Å². The predicted molar refractivity (Wildman–Crippen MR) is 75.2 cm³/mol. The number of hydrogen-bond acceptors (Lipinski definition) is 4. The van der Waals surface area contributed by atoms with Crippen LogP contribution >= 0.6 is 11.6 Å². The third-order valence-corrected chi connectivity index (χ3v) is 3.10. The van der Waals surface area contributed by atoms with E-state index in [1.54, 1.807) is 36.5 Å². The van der Waals surface area contributed by atoms with Crippen LogP contribution in [0, 0.1) is 0 Å². The molecule has 0 fully saturated rings. The number of ketones is 1. The minimum atomic E-state index is -0.119. The SMILES string of the molecule is O=C(/C=C/c1cc(Cl)c2c(c1)OCO2)c1cccnc1. The van der Waals surface area contributed by atoms with Gasteiger partial charge in [-0.1, -0.05) is 17.7 Å². The van der Waals surface area contributed by atoms with E-state index in [0.717, 1.165) is 5.56 Å². The van der Waals surface area contributed by atoms with Gasteiger partial charge in [0.25, 0.3) is 0 Å². The Morgan fingerprint density at radius 2 is 2.25 bits per heavy atom. The van der Waals surface area contributed by atoms with Gasteiger partial charge >= 0.3 is 0 Å². The summed E-state index contributed by atoms with van der Waals surface area (Å²) in [6.45, 7) is 0.164. The van der Waals surface area contributed by atoms with Gasteiger partial charge in [0.15, 0.2) is 17.3 Å².